The fourth-order valence-corrected chi connectivity index (χ4v) is 3.06. The maximum atomic E-state index is 13.2. The summed E-state index contributed by atoms with van der Waals surface area (Å²) < 4.78 is 18.7. The Balaban J connectivity index is 1.63. The number of benzene rings is 1. The summed E-state index contributed by atoms with van der Waals surface area (Å²) in [6.07, 6.45) is 2.49. The molecule has 0 aliphatic carbocycles. The fraction of sp³-hybridized carbons (Fsp3) is 0.400. The molecule has 2 heterocycles. The quantitative estimate of drug-likeness (QED) is 0.839. The predicted octanol–water partition coefficient (Wildman–Crippen LogP) is 3.57. The van der Waals surface area contributed by atoms with Gasteiger partial charge in [-0.3, -0.25) is 9.69 Å². The Bertz CT molecular complexity index is 749. The molecule has 0 unspecified atom stereocenters. The van der Waals surface area contributed by atoms with Crippen LogP contribution in [0.15, 0.2) is 42.6 Å². The van der Waals surface area contributed by atoms with Crippen LogP contribution in [-0.2, 0) is 0 Å². The van der Waals surface area contributed by atoms with E-state index in [1.165, 1.54) is 18.3 Å². The summed E-state index contributed by atoms with van der Waals surface area (Å²) in [7, 11) is 0. The van der Waals surface area contributed by atoms with Crippen LogP contribution in [0.4, 0.5) is 4.39 Å². The lowest BCUT2D eigenvalue weighted by molar-refractivity contribution is 0.0759. The highest BCUT2D eigenvalue weighted by molar-refractivity contribution is 5.94. The lowest BCUT2D eigenvalue weighted by Crippen LogP contribution is -2.37. The van der Waals surface area contributed by atoms with Crippen LogP contribution in [0.5, 0.6) is 11.6 Å². The van der Waals surface area contributed by atoms with Crippen molar-refractivity contribution in [1.29, 1.82) is 0 Å². The normalized spacial score (nSPS) is 15.8. The van der Waals surface area contributed by atoms with Crippen LogP contribution < -0.4 is 4.74 Å². The third-order valence-electron chi connectivity index (χ3n) is 4.55. The molecule has 1 amide bonds. The van der Waals surface area contributed by atoms with Crippen molar-refractivity contribution < 1.29 is 13.9 Å². The zero-order valence-corrected chi connectivity index (χ0v) is 15.2. The molecule has 0 spiro atoms. The predicted molar refractivity (Wildman–Crippen MR) is 97.9 cm³/mol. The molecule has 3 rings (SSSR count). The average molecular weight is 357 g/mol. The van der Waals surface area contributed by atoms with Gasteiger partial charge in [-0.25, -0.2) is 9.37 Å². The Morgan fingerprint density at radius 1 is 1.15 bits per heavy atom. The molecule has 1 aliphatic rings. The summed E-state index contributed by atoms with van der Waals surface area (Å²) in [5.74, 6) is 0.318. The molecule has 0 atom stereocenters. The Morgan fingerprint density at radius 3 is 2.69 bits per heavy atom. The lowest BCUT2D eigenvalue weighted by atomic mass is 10.2. The van der Waals surface area contributed by atoms with E-state index < -0.39 is 0 Å². The summed E-state index contributed by atoms with van der Waals surface area (Å²) in [6.45, 7) is 7.73. The molecule has 26 heavy (non-hydrogen) atoms. The molecule has 1 aliphatic heterocycles. The molecule has 1 aromatic heterocycles. The first-order valence-electron chi connectivity index (χ1n) is 8.96. The second kappa shape index (κ2) is 8.27. The van der Waals surface area contributed by atoms with Crippen molar-refractivity contribution in [3.05, 3.63) is 54.0 Å². The maximum Gasteiger partial charge on any atom is 0.255 e. The highest BCUT2D eigenvalue weighted by Gasteiger charge is 2.21. The number of carbonyl (C=O) groups is 1. The van der Waals surface area contributed by atoms with E-state index in [1.807, 2.05) is 4.90 Å². The summed E-state index contributed by atoms with van der Waals surface area (Å²) >= 11 is 0. The van der Waals surface area contributed by atoms with Crippen LogP contribution in [0.3, 0.4) is 0 Å². The topological polar surface area (TPSA) is 45.7 Å². The van der Waals surface area contributed by atoms with E-state index >= 15 is 0 Å². The van der Waals surface area contributed by atoms with Crippen LogP contribution >= 0.6 is 0 Å². The van der Waals surface area contributed by atoms with Crippen molar-refractivity contribution in [2.45, 2.75) is 26.3 Å². The molecule has 6 heteroatoms. The third-order valence-corrected chi connectivity index (χ3v) is 4.55. The molecule has 0 radical (unpaired) electrons. The number of halogens is 1. The molecule has 138 valence electrons. The highest BCUT2D eigenvalue weighted by Crippen LogP contribution is 2.20. The van der Waals surface area contributed by atoms with Gasteiger partial charge in [-0.2, -0.15) is 0 Å². The zero-order valence-electron chi connectivity index (χ0n) is 15.2. The molecule has 1 aromatic carbocycles. The smallest absolute Gasteiger partial charge is 0.255 e. The van der Waals surface area contributed by atoms with Crippen LogP contribution in [0.1, 0.15) is 30.6 Å². The number of rotatable bonds is 4. The van der Waals surface area contributed by atoms with E-state index in [9.17, 15) is 9.18 Å². The lowest BCUT2D eigenvalue weighted by Gasteiger charge is -2.24. The van der Waals surface area contributed by atoms with E-state index in [0.717, 1.165) is 32.6 Å². The first-order chi connectivity index (χ1) is 12.5. The van der Waals surface area contributed by atoms with Gasteiger partial charge in [-0.1, -0.05) is 6.07 Å². The van der Waals surface area contributed by atoms with Gasteiger partial charge in [-0.05, 0) is 38.5 Å². The van der Waals surface area contributed by atoms with E-state index in [2.05, 4.69) is 23.7 Å². The van der Waals surface area contributed by atoms with E-state index in [4.69, 9.17) is 4.74 Å². The van der Waals surface area contributed by atoms with Crippen molar-refractivity contribution in [3.63, 3.8) is 0 Å². The molecule has 0 bridgehead atoms. The number of pyridine rings is 1. The van der Waals surface area contributed by atoms with E-state index in [-0.39, 0.29) is 11.7 Å². The van der Waals surface area contributed by atoms with Crippen LogP contribution in [0, 0.1) is 5.82 Å². The van der Waals surface area contributed by atoms with E-state index in [1.54, 1.807) is 24.3 Å². The van der Waals surface area contributed by atoms with Gasteiger partial charge in [0.25, 0.3) is 5.91 Å². The van der Waals surface area contributed by atoms with Gasteiger partial charge >= 0.3 is 0 Å². The molecular weight excluding hydrogens is 333 g/mol. The van der Waals surface area contributed by atoms with Gasteiger partial charge in [0.05, 0.1) is 5.56 Å². The summed E-state index contributed by atoms with van der Waals surface area (Å²) in [5, 5.41) is 0. The van der Waals surface area contributed by atoms with Gasteiger partial charge in [0.1, 0.15) is 11.6 Å². The van der Waals surface area contributed by atoms with Gasteiger partial charge in [-0.15, -0.1) is 0 Å². The maximum absolute atomic E-state index is 13.2. The monoisotopic (exact) mass is 357 g/mol. The molecular formula is C20H24FN3O2. The minimum absolute atomic E-state index is 0.0135. The minimum atomic E-state index is -0.370. The fourth-order valence-electron chi connectivity index (χ4n) is 3.06. The Morgan fingerprint density at radius 2 is 2.00 bits per heavy atom. The SMILES string of the molecule is CC(C)N1CCCN(C(=O)c2ccc(Oc3cccc(F)c3)nc2)CC1. The van der Waals surface area contributed by atoms with Crippen LogP contribution in [0.2, 0.25) is 0 Å². The van der Waals surface area contributed by atoms with E-state index in [0.29, 0.717) is 23.2 Å². The zero-order chi connectivity index (χ0) is 18.5. The highest BCUT2D eigenvalue weighted by atomic mass is 19.1. The second-order valence-corrected chi connectivity index (χ2v) is 6.72. The number of hydrogen-bond acceptors (Lipinski definition) is 4. The largest absolute Gasteiger partial charge is 0.439 e. The Labute approximate surface area is 153 Å². The van der Waals surface area contributed by atoms with Crippen LogP contribution in [-0.4, -0.2) is 52.9 Å². The number of nitrogens with zero attached hydrogens (tertiary/aromatic N) is 3. The average Bonchev–Trinajstić information content (AvgIpc) is 2.88. The number of hydrogen-bond donors (Lipinski definition) is 0. The van der Waals surface area contributed by atoms with Crippen molar-refractivity contribution in [2.24, 2.45) is 0 Å². The van der Waals surface area contributed by atoms with Crippen molar-refractivity contribution in [2.75, 3.05) is 26.2 Å². The standard InChI is InChI=1S/C20H24FN3O2/c1-15(2)23-9-4-10-24(12-11-23)20(25)16-7-8-19(22-14-16)26-18-6-3-5-17(21)13-18/h3,5-8,13-15H,4,9-12H2,1-2H3. The Hall–Kier alpha value is -2.47. The number of ether oxygens (including phenoxy) is 1. The molecule has 0 N–H and O–H groups in total. The molecule has 5 nitrogen and oxygen atoms in total. The minimum Gasteiger partial charge on any atom is -0.439 e. The molecule has 1 saturated heterocycles. The number of amides is 1. The van der Waals surface area contributed by atoms with Crippen LogP contribution in [0.25, 0.3) is 0 Å². The van der Waals surface area contributed by atoms with Gasteiger partial charge < -0.3 is 9.64 Å². The molecule has 1 fully saturated rings. The van der Waals surface area contributed by atoms with Gasteiger partial charge in [0.2, 0.25) is 5.88 Å². The summed E-state index contributed by atoms with van der Waals surface area (Å²) in [6, 6.07) is 9.70. The number of aromatic nitrogens is 1. The van der Waals surface area contributed by atoms with Crippen molar-refractivity contribution in [1.82, 2.24) is 14.8 Å². The first-order valence-corrected chi connectivity index (χ1v) is 8.96. The van der Waals surface area contributed by atoms with Gasteiger partial charge in [0.15, 0.2) is 0 Å². The summed E-state index contributed by atoms with van der Waals surface area (Å²) in [5.41, 5.74) is 0.537. The van der Waals surface area contributed by atoms with Crippen molar-refractivity contribution in [3.8, 4) is 11.6 Å². The molecule has 0 saturated carbocycles. The first kappa shape index (κ1) is 18.3. The molecule has 2 aromatic rings. The second-order valence-electron chi connectivity index (χ2n) is 6.72. The third kappa shape index (κ3) is 4.58. The number of carbonyl (C=O) groups excluding carboxylic acids is 1. The Kier molecular flexibility index (Phi) is 5.83. The summed E-state index contributed by atoms with van der Waals surface area (Å²) in [4.78, 5) is 21.2. The van der Waals surface area contributed by atoms with Gasteiger partial charge in [0, 0.05) is 50.6 Å². The van der Waals surface area contributed by atoms with Crippen molar-refractivity contribution >= 4 is 5.91 Å².